The molecule has 4 rings (SSSR count). The van der Waals surface area contributed by atoms with Crippen molar-refractivity contribution >= 4 is 20.9 Å². The van der Waals surface area contributed by atoms with Crippen molar-refractivity contribution in [3.8, 4) is 0 Å². The number of rotatable bonds is 6. The van der Waals surface area contributed by atoms with Crippen LogP contribution in [-0.4, -0.2) is 60.3 Å². The maximum atomic E-state index is 13.4. The quantitative estimate of drug-likeness (QED) is 0.625. The van der Waals surface area contributed by atoms with Crippen LogP contribution < -0.4 is 0 Å². The van der Waals surface area contributed by atoms with Gasteiger partial charge in [0, 0.05) is 55.6 Å². The second kappa shape index (κ2) is 8.57. The predicted molar refractivity (Wildman–Crippen MR) is 114 cm³/mol. The number of likely N-dealkylation sites (N-methyl/N-ethyl adjacent to an activating group) is 1. The summed E-state index contributed by atoms with van der Waals surface area (Å²) in [6, 6.07) is 15.2. The lowest BCUT2D eigenvalue weighted by atomic mass is 10.1. The van der Waals surface area contributed by atoms with Crippen molar-refractivity contribution in [2.24, 2.45) is 0 Å². The van der Waals surface area contributed by atoms with Gasteiger partial charge in [0.2, 0.25) is 10.0 Å². The van der Waals surface area contributed by atoms with Gasteiger partial charge in [-0.1, -0.05) is 24.3 Å². The molecule has 0 spiro atoms. The van der Waals surface area contributed by atoms with Gasteiger partial charge in [0.05, 0.1) is 5.52 Å². The Morgan fingerprint density at radius 3 is 2.72 bits per heavy atom. The summed E-state index contributed by atoms with van der Waals surface area (Å²) >= 11 is 0. The van der Waals surface area contributed by atoms with E-state index in [4.69, 9.17) is 0 Å². The van der Waals surface area contributed by atoms with Gasteiger partial charge in [-0.25, -0.2) is 8.42 Å². The Labute approximate surface area is 172 Å². The highest BCUT2D eigenvalue weighted by molar-refractivity contribution is 7.89. The molecule has 3 aromatic rings. The van der Waals surface area contributed by atoms with Crippen LogP contribution >= 0.6 is 0 Å². The first kappa shape index (κ1) is 19.9. The number of nitrogens with zero attached hydrogens (tertiary/aromatic N) is 4. The summed E-state index contributed by atoms with van der Waals surface area (Å²) in [6.45, 7) is 1.91. The molecule has 1 fully saturated rings. The molecule has 1 atom stereocenters. The third-order valence-electron chi connectivity index (χ3n) is 5.64. The molecule has 0 radical (unpaired) electrons. The number of fused-ring (bicyclic) bond motifs is 1. The van der Waals surface area contributed by atoms with E-state index in [1.807, 2.05) is 42.6 Å². The Hall–Kier alpha value is -2.35. The highest BCUT2D eigenvalue weighted by Gasteiger charge is 2.33. The molecular weight excluding hydrogens is 384 g/mol. The molecule has 29 heavy (non-hydrogen) atoms. The fourth-order valence-electron chi connectivity index (χ4n) is 3.94. The molecule has 1 aliphatic rings. The van der Waals surface area contributed by atoms with Gasteiger partial charge in [-0.15, -0.1) is 0 Å². The molecule has 0 N–H and O–H groups in total. The Balaban J connectivity index is 1.50. The van der Waals surface area contributed by atoms with Gasteiger partial charge in [-0.3, -0.25) is 9.97 Å². The highest BCUT2D eigenvalue weighted by atomic mass is 32.2. The molecule has 1 aliphatic heterocycles. The first-order valence-corrected chi connectivity index (χ1v) is 11.4. The van der Waals surface area contributed by atoms with Crippen molar-refractivity contribution in [3.63, 3.8) is 0 Å². The topological polar surface area (TPSA) is 66.4 Å². The Morgan fingerprint density at radius 1 is 1.07 bits per heavy atom. The van der Waals surface area contributed by atoms with Crippen LogP contribution in [0.4, 0.5) is 0 Å². The molecule has 1 aromatic carbocycles. The summed E-state index contributed by atoms with van der Waals surface area (Å²) in [7, 11) is -1.52. The van der Waals surface area contributed by atoms with Gasteiger partial charge < -0.3 is 4.90 Å². The number of aromatic nitrogens is 2. The van der Waals surface area contributed by atoms with Crippen LogP contribution in [-0.2, 0) is 16.4 Å². The van der Waals surface area contributed by atoms with Crippen LogP contribution in [0.5, 0.6) is 0 Å². The van der Waals surface area contributed by atoms with E-state index in [2.05, 4.69) is 21.9 Å². The van der Waals surface area contributed by atoms with Crippen molar-refractivity contribution in [2.75, 3.05) is 26.7 Å². The van der Waals surface area contributed by atoms with E-state index in [1.54, 1.807) is 22.6 Å². The smallest absolute Gasteiger partial charge is 0.245 e. The van der Waals surface area contributed by atoms with Gasteiger partial charge in [-0.2, -0.15) is 4.31 Å². The average molecular weight is 411 g/mol. The minimum absolute atomic E-state index is 0.199. The molecule has 7 heteroatoms. The zero-order valence-electron chi connectivity index (χ0n) is 16.6. The Kier molecular flexibility index (Phi) is 5.89. The zero-order chi connectivity index (χ0) is 20.3. The lowest BCUT2D eigenvalue weighted by molar-refractivity contribution is 0.164. The molecule has 0 bridgehead atoms. The van der Waals surface area contributed by atoms with E-state index in [1.165, 1.54) is 0 Å². The third-order valence-corrected chi connectivity index (χ3v) is 7.54. The summed E-state index contributed by atoms with van der Waals surface area (Å²) in [5, 5.41) is 0.842. The van der Waals surface area contributed by atoms with E-state index < -0.39 is 10.0 Å². The molecule has 0 saturated carbocycles. The fourth-order valence-corrected chi connectivity index (χ4v) is 5.62. The third kappa shape index (κ3) is 4.32. The van der Waals surface area contributed by atoms with Crippen LogP contribution in [0.15, 0.2) is 65.8 Å². The van der Waals surface area contributed by atoms with Crippen LogP contribution in [0.25, 0.3) is 10.9 Å². The monoisotopic (exact) mass is 410 g/mol. The van der Waals surface area contributed by atoms with Crippen molar-refractivity contribution in [1.82, 2.24) is 19.2 Å². The van der Waals surface area contributed by atoms with E-state index in [9.17, 15) is 8.42 Å². The van der Waals surface area contributed by atoms with Crippen LogP contribution in [0.1, 0.15) is 18.5 Å². The van der Waals surface area contributed by atoms with Crippen LogP contribution in [0, 0.1) is 0 Å². The van der Waals surface area contributed by atoms with Gasteiger partial charge in [0.25, 0.3) is 0 Å². The van der Waals surface area contributed by atoms with Crippen LogP contribution in [0.3, 0.4) is 0 Å². The SMILES string of the molecule is CN(CCc1ccccn1)C1CCCN(S(=O)(=O)c2cccc3cccnc23)C1. The fraction of sp³-hybridized carbons (Fsp3) is 0.364. The van der Waals surface area contributed by atoms with Gasteiger partial charge in [0.1, 0.15) is 4.90 Å². The molecular formula is C22H26N4O2S. The van der Waals surface area contributed by atoms with Crippen LogP contribution in [0.2, 0.25) is 0 Å². The number of para-hydroxylation sites is 1. The maximum Gasteiger partial charge on any atom is 0.245 e. The summed E-state index contributed by atoms with van der Waals surface area (Å²) < 4.78 is 28.4. The normalized spacial score (nSPS) is 18.3. The molecule has 0 aliphatic carbocycles. The van der Waals surface area contributed by atoms with Gasteiger partial charge in [-0.05, 0) is 44.2 Å². The van der Waals surface area contributed by atoms with E-state index in [0.29, 0.717) is 23.5 Å². The maximum absolute atomic E-state index is 13.4. The first-order chi connectivity index (χ1) is 14.1. The standard InChI is InChI=1S/C22H26N4O2S/c1-25(16-12-19-9-2-3-13-23-19)20-10-6-15-26(17-20)29(27,28)21-11-4-7-18-8-5-14-24-22(18)21/h2-5,7-9,11,13-14,20H,6,10,12,15-17H2,1H3. The van der Waals surface area contributed by atoms with Crippen molar-refractivity contribution in [2.45, 2.75) is 30.2 Å². The lowest BCUT2D eigenvalue weighted by Crippen LogP contribution is -2.49. The van der Waals surface area contributed by atoms with E-state index in [-0.39, 0.29) is 6.04 Å². The summed E-state index contributed by atoms with van der Waals surface area (Å²) in [5.41, 5.74) is 1.60. The average Bonchev–Trinajstić information content (AvgIpc) is 2.78. The Bertz CT molecular complexity index is 1070. The minimum atomic E-state index is -3.59. The second-order valence-corrected chi connectivity index (χ2v) is 9.45. The van der Waals surface area contributed by atoms with Crippen molar-refractivity contribution in [3.05, 3.63) is 66.6 Å². The Morgan fingerprint density at radius 2 is 1.90 bits per heavy atom. The largest absolute Gasteiger partial charge is 0.302 e. The van der Waals surface area contributed by atoms with E-state index >= 15 is 0 Å². The predicted octanol–water partition coefficient (Wildman–Crippen LogP) is 2.96. The number of pyridine rings is 2. The number of hydrogen-bond donors (Lipinski definition) is 0. The zero-order valence-corrected chi connectivity index (χ0v) is 17.4. The molecule has 6 nitrogen and oxygen atoms in total. The van der Waals surface area contributed by atoms with Crippen molar-refractivity contribution < 1.29 is 8.42 Å². The molecule has 3 heterocycles. The molecule has 1 unspecified atom stereocenters. The second-order valence-electron chi connectivity index (χ2n) is 7.54. The summed E-state index contributed by atoms with van der Waals surface area (Å²) in [5.74, 6) is 0. The summed E-state index contributed by atoms with van der Waals surface area (Å²) in [6.07, 6.45) is 6.16. The number of sulfonamides is 1. The number of piperidine rings is 1. The summed E-state index contributed by atoms with van der Waals surface area (Å²) in [4.78, 5) is 11.3. The van der Waals surface area contributed by atoms with Crippen molar-refractivity contribution in [1.29, 1.82) is 0 Å². The minimum Gasteiger partial charge on any atom is -0.302 e. The highest BCUT2D eigenvalue weighted by Crippen LogP contribution is 2.27. The number of hydrogen-bond acceptors (Lipinski definition) is 5. The molecule has 2 aromatic heterocycles. The first-order valence-electron chi connectivity index (χ1n) is 10.00. The molecule has 1 saturated heterocycles. The lowest BCUT2D eigenvalue weighted by Gasteiger charge is -2.37. The van der Waals surface area contributed by atoms with Gasteiger partial charge in [0.15, 0.2) is 0 Å². The number of benzene rings is 1. The van der Waals surface area contributed by atoms with E-state index in [0.717, 1.165) is 36.9 Å². The molecule has 0 amide bonds. The molecule has 152 valence electrons. The van der Waals surface area contributed by atoms with Gasteiger partial charge >= 0.3 is 0 Å².